The predicted molar refractivity (Wildman–Crippen MR) is 273 cm³/mol. The Bertz CT molecular complexity index is 4200. The van der Waals surface area contributed by atoms with E-state index in [1.54, 1.807) is 0 Å². The smallest absolute Gasteiger partial charge is 0.167 e. The van der Waals surface area contributed by atoms with Crippen LogP contribution in [-0.4, -0.2) is 19.5 Å². The van der Waals surface area contributed by atoms with Crippen molar-refractivity contribution in [3.05, 3.63) is 218 Å². The average molecular weight is 841 g/mol. The van der Waals surface area contributed by atoms with Crippen LogP contribution in [0.15, 0.2) is 223 Å². The minimum atomic E-state index is 0.528. The molecule has 0 amide bonds. The van der Waals surface area contributed by atoms with E-state index < -0.39 is 0 Å². The first kappa shape index (κ1) is 36.5. The van der Waals surface area contributed by atoms with Crippen molar-refractivity contribution in [2.45, 2.75) is 0 Å². The van der Waals surface area contributed by atoms with Crippen LogP contribution in [0, 0.1) is 0 Å². The van der Waals surface area contributed by atoms with Crippen molar-refractivity contribution in [1.29, 1.82) is 0 Å². The number of hydrogen-bond donors (Lipinski definition) is 0. The second kappa shape index (κ2) is 14.3. The fraction of sp³-hybridized carbons (Fsp3) is 0. The molecule has 0 radical (unpaired) electrons. The summed E-state index contributed by atoms with van der Waals surface area (Å²) in [4.78, 5) is 16.2. The maximum atomic E-state index is 7.04. The summed E-state index contributed by atoms with van der Waals surface area (Å²) in [6.07, 6.45) is 0. The van der Waals surface area contributed by atoms with Gasteiger partial charge in [0.15, 0.2) is 17.5 Å². The summed E-state index contributed by atoms with van der Waals surface area (Å²) in [5.74, 6) is 1.70. The number of aromatic nitrogens is 4. The largest absolute Gasteiger partial charge is 0.455 e. The van der Waals surface area contributed by atoms with Crippen LogP contribution in [0.1, 0.15) is 0 Å². The summed E-state index contributed by atoms with van der Waals surface area (Å²) in [6, 6.07) is 77.7. The molecule has 66 heavy (non-hydrogen) atoms. The molecule has 0 bridgehead atoms. The highest BCUT2D eigenvalue weighted by molar-refractivity contribution is 6.18. The number of fused-ring (bicyclic) bond motifs is 10. The van der Waals surface area contributed by atoms with Gasteiger partial charge in [-0.25, -0.2) is 15.0 Å². The van der Waals surface area contributed by atoms with Crippen LogP contribution in [0.2, 0.25) is 0 Å². The molecule has 5 heteroatoms. The maximum absolute atomic E-state index is 7.04. The van der Waals surface area contributed by atoms with E-state index >= 15 is 0 Å². The number of benzene rings is 11. The van der Waals surface area contributed by atoms with E-state index in [4.69, 9.17) is 19.4 Å². The van der Waals surface area contributed by atoms with Gasteiger partial charge >= 0.3 is 0 Å². The lowest BCUT2D eigenvalue weighted by atomic mass is 10.0. The number of hydrogen-bond acceptors (Lipinski definition) is 4. The van der Waals surface area contributed by atoms with Gasteiger partial charge in [-0.05, 0) is 109 Å². The van der Waals surface area contributed by atoms with Crippen molar-refractivity contribution >= 4 is 86.8 Å². The molecule has 5 nitrogen and oxygen atoms in total. The quantitative estimate of drug-likeness (QED) is 0.173. The summed E-state index contributed by atoms with van der Waals surface area (Å²) in [5, 5.41) is 13.6. The summed E-state index contributed by atoms with van der Waals surface area (Å²) < 4.78 is 9.46. The van der Waals surface area contributed by atoms with E-state index in [1.807, 2.05) is 6.07 Å². The third-order valence-electron chi connectivity index (χ3n) is 13.3. The highest BCUT2D eigenvalue weighted by Crippen LogP contribution is 2.43. The Labute approximate surface area is 378 Å². The second-order valence-corrected chi connectivity index (χ2v) is 17.2. The van der Waals surface area contributed by atoms with E-state index in [2.05, 4.69) is 217 Å². The first-order chi connectivity index (χ1) is 32.7. The van der Waals surface area contributed by atoms with E-state index in [0.717, 1.165) is 88.0 Å². The molecule has 11 aromatic carbocycles. The Hall–Kier alpha value is -8.93. The highest BCUT2D eigenvalue weighted by Gasteiger charge is 2.23. The van der Waals surface area contributed by atoms with E-state index in [-0.39, 0.29) is 0 Å². The van der Waals surface area contributed by atoms with E-state index in [9.17, 15) is 0 Å². The fourth-order valence-electron chi connectivity index (χ4n) is 10.1. The van der Waals surface area contributed by atoms with Gasteiger partial charge in [-0.15, -0.1) is 0 Å². The molecule has 0 saturated carbocycles. The molecule has 14 aromatic rings. The van der Waals surface area contributed by atoms with Crippen molar-refractivity contribution < 1.29 is 4.42 Å². The van der Waals surface area contributed by atoms with Gasteiger partial charge in [-0.3, -0.25) is 0 Å². The van der Waals surface area contributed by atoms with Crippen LogP contribution in [0.3, 0.4) is 0 Å². The average Bonchev–Trinajstić information content (AvgIpc) is 3.89. The Morgan fingerprint density at radius 3 is 1.48 bits per heavy atom. The van der Waals surface area contributed by atoms with Crippen molar-refractivity contribution in [2.24, 2.45) is 0 Å². The normalized spacial score (nSPS) is 11.9. The third-order valence-corrected chi connectivity index (χ3v) is 13.3. The van der Waals surface area contributed by atoms with Crippen LogP contribution < -0.4 is 0 Å². The molecule has 3 aromatic heterocycles. The van der Waals surface area contributed by atoms with Crippen molar-refractivity contribution in [3.63, 3.8) is 0 Å². The molecule has 14 rings (SSSR count). The SMILES string of the molecule is c1ccc(-c2cccc(-c3nc(-c4cccc5ccccc45)nc(-c4cc(-n5c6cc7ccccc7cc6c6cc7ccccc7cc65)cc5c4oc4cc6ccccc6cc45)n3)c2)cc1. The zero-order chi connectivity index (χ0) is 43.3. The number of furan rings is 1. The number of rotatable bonds is 5. The topological polar surface area (TPSA) is 56.7 Å². The van der Waals surface area contributed by atoms with Crippen LogP contribution in [-0.2, 0) is 0 Å². The first-order valence-electron chi connectivity index (χ1n) is 22.3. The number of nitrogens with zero attached hydrogens (tertiary/aromatic N) is 4. The van der Waals surface area contributed by atoms with Gasteiger partial charge in [0.2, 0.25) is 0 Å². The molecule has 0 saturated heterocycles. The summed E-state index contributed by atoms with van der Waals surface area (Å²) in [6.45, 7) is 0. The van der Waals surface area contributed by atoms with Gasteiger partial charge < -0.3 is 8.98 Å². The van der Waals surface area contributed by atoms with Crippen LogP contribution in [0.5, 0.6) is 0 Å². The maximum Gasteiger partial charge on any atom is 0.167 e. The second-order valence-electron chi connectivity index (χ2n) is 17.2. The van der Waals surface area contributed by atoms with Gasteiger partial charge in [-0.1, -0.05) is 164 Å². The first-order valence-corrected chi connectivity index (χ1v) is 22.3. The molecule has 0 spiro atoms. The molecule has 0 aliphatic rings. The van der Waals surface area contributed by atoms with Crippen molar-refractivity contribution in [1.82, 2.24) is 19.5 Å². The zero-order valence-electron chi connectivity index (χ0n) is 35.5. The minimum Gasteiger partial charge on any atom is -0.455 e. The molecule has 0 atom stereocenters. The van der Waals surface area contributed by atoms with Crippen molar-refractivity contribution in [3.8, 4) is 51.0 Å². The highest BCUT2D eigenvalue weighted by atomic mass is 16.3. The van der Waals surface area contributed by atoms with Gasteiger partial charge in [0.25, 0.3) is 0 Å². The van der Waals surface area contributed by atoms with Crippen LogP contribution >= 0.6 is 0 Å². The zero-order valence-corrected chi connectivity index (χ0v) is 35.5. The molecule has 306 valence electrons. The third kappa shape index (κ3) is 5.77. The molecule has 0 aliphatic carbocycles. The molecule has 3 heterocycles. The summed E-state index contributed by atoms with van der Waals surface area (Å²) in [7, 11) is 0. The Morgan fingerprint density at radius 2 is 0.803 bits per heavy atom. The van der Waals surface area contributed by atoms with Crippen molar-refractivity contribution in [2.75, 3.05) is 0 Å². The Kier molecular flexibility index (Phi) is 7.91. The summed E-state index contributed by atoms with van der Waals surface area (Å²) >= 11 is 0. The predicted octanol–water partition coefficient (Wildman–Crippen LogP) is 16.1. The minimum absolute atomic E-state index is 0.528. The molecule has 0 aliphatic heterocycles. The van der Waals surface area contributed by atoms with Gasteiger partial charge in [0, 0.05) is 38.4 Å². The van der Waals surface area contributed by atoms with Gasteiger partial charge in [-0.2, -0.15) is 0 Å². The van der Waals surface area contributed by atoms with Crippen LogP contribution in [0.25, 0.3) is 138 Å². The van der Waals surface area contributed by atoms with E-state index in [1.165, 1.54) is 32.3 Å². The molecular weight excluding hydrogens is 805 g/mol. The fourth-order valence-corrected chi connectivity index (χ4v) is 10.1. The Morgan fingerprint density at radius 1 is 0.303 bits per heavy atom. The lowest BCUT2D eigenvalue weighted by Gasteiger charge is -2.14. The Balaban J connectivity index is 1.11. The van der Waals surface area contributed by atoms with Gasteiger partial charge in [0.1, 0.15) is 11.2 Å². The standard InChI is InChI=1S/C61H36N4O/c1-2-14-37(15-3-1)39-24-12-25-46(28-39)59-62-60(49-27-13-23-38-16-10-11-26-48(38)49)64-61(63-59)54-36-47(35-53-52-31-42-19-6-9-22-45(42)34-57(52)66-58(53)54)65-55-32-43-20-7-4-17-40(43)29-50(55)51-30-41-18-5-8-21-44(41)33-56(51)65/h1-36H. The lowest BCUT2D eigenvalue weighted by Crippen LogP contribution is -2.02. The summed E-state index contributed by atoms with van der Waals surface area (Å²) in [5.41, 5.74) is 9.57. The molecular formula is C61H36N4O. The van der Waals surface area contributed by atoms with Gasteiger partial charge in [0.05, 0.1) is 16.6 Å². The molecule has 0 N–H and O–H groups in total. The molecule has 0 fully saturated rings. The molecule has 0 unspecified atom stereocenters. The van der Waals surface area contributed by atoms with E-state index in [0.29, 0.717) is 17.5 Å². The monoisotopic (exact) mass is 840 g/mol. The van der Waals surface area contributed by atoms with Crippen LogP contribution in [0.4, 0.5) is 0 Å². The lowest BCUT2D eigenvalue weighted by molar-refractivity contribution is 0.670.